The van der Waals surface area contributed by atoms with E-state index in [4.69, 9.17) is 15.7 Å². The number of rotatable bonds is 5. The monoisotopic (exact) mass is 461 g/mol. The Labute approximate surface area is 203 Å². The molecule has 2 atom stereocenters. The van der Waals surface area contributed by atoms with E-state index in [0.717, 1.165) is 37.6 Å². The number of fused-ring (bicyclic) bond motifs is 1. The van der Waals surface area contributed by atoms with Crippen LogP contribution in [0.1, 0.15) is 58.3 Å². The number of nitrogens with two attached hydrogens (primary N) is 1. The third-order valence-electron chi connectivity index (χ3n) is 7.71. The van der Waals surface area contributed by atoms with Crippen LogP contribution in [-0.2, 0) is 0 Å². The van der Waals surface area contributed by atoms with Crippen molar-refractivity contribution in [2.75, 3.05) is 25.0 Å². The molecule has 182 valence electrons. The number of anilines is 1. The molecular formula is C27H39N7. The van der Waals surface area contributed by atoms with Gasteiger partial charge < -0.3 is 10.6 Å². The van der Waals surface area contributed by atoms with Gasteiger partial charge in [-0.2, -0.15) is 0 Å². The Bertz CT molecular complexity index is 1040. The molecule has 2 aliphatic heterocycles. The highest BCUT2D eigenvalue weighted by atomic mass is 15.4. The lowest BCUT2D eigenvalue weighted by atomic mass is 9.92. The van der Waals surface area contributed by atoms with Crippen molar-refractivity contribution in [3.63, 3.8) is 0 Å². The average Bonchev–Trinajstić information content (AvgIpc) is 3.12. The molecule has 7 nitrogen and oxygen atoms in total. The number of aliphatic imine (C=N–C) groups is 2. The Kier molecular flexibility index (Phi) is 7.02. The summed E-state index contributed by atoms with van der Waals surface area (Å²) in [5.41, 5.74) is 7.98. The largest absolute Gasteiger partial charge is 0.326 e. The third kappa shape index (κ3) is 5.20. The first-order chi connectivity index (χ1) is 16.6. The van der Waals surface area contributed by atoms with Crippen molar-refractivity contribution in [3.05, 3.63) is 42.5 Å². The van der Waals surface area contributed by atoms with E-state index in [9.17, 15) is 0 Å². The second kappa shape index (κ2) is 10.3. The van der Waals surface area contributed by atoms with E-state index in [1.807, 2.05) is 0 Å². The standard InChI is InChI=1S/C27H39N7/c1-2-34-17-9-14-24(34)19-29-25-31-26(30-23-16-15-20-10-7-8-11-21(20)18-23)33-27(28,32-25)22-12-5-3-4-6-13-22/h7-8,10-11,15-16,18,22,24H,2-6,9,12-14,17,19,28H2,1H3,(H3,29,30,31,32,33). The van der Waals surface area contributed by atoms with Crippen LogP contribution in [0.2, 0.25) is 0 Å². The van der Waals surface area contributed by atoms with Gasteiger partial charge >= 0.3 is 0 Å². The van der Waals surface area contributed by atoms with Gasteiger partial charge in [-0.15, -0.1) is 0 Å². The zero-order valence-corrected chi connectivity index (χ0v) is 20.4. The molecule has 0 radical (unpaired) electrons. The zero-order valence-electron chi connectivity index (χ0n) is 20.4. The minimum absolute atomic E-state index is 0.286. The molecule has 0 amide bonds. The van der Waals surface area contributed by atoms with Gasteiger partial charge in [0.05, 0.1) is 6.54 Å². The quantitative estimate of drug-likeness (QED) is 0.501. The number of guanidine groups is 2. The third-order valence-corrected chi connectivity index (χ3v) is 7.71. The Morgan fingerprint density at radius 1 is 1.06 bits per heavy atom. The molecule has 5 N–H and O–H groups in total. The predicted octanol–water partition coefficient (Wildman–Crippen LogP) is 4.22. The summed E-state index contributed by atoms with van der Waals surface area (Å²) < 4.78 is 0. The first-order valence-corrected chi connectivity index (χ1v) is 13.1. The highest BCUT2D eigenvalue weighted by molar-refractivity contribution is 6.07. The molecule has 0 aromatic heterocycles. The summed E-state index contributed by atoms with van der Waals surface area (Å²) in [4.78, 5) is 12.5. The fraction of sp³-hybridized carbons (Fsp3) is 0.556. The summed E-state index contributed by atoms with van der Waals surface area (Å²) in [6, 6.07) is 15.3. The second-order valence-electron chi connectivity index (χ2n) is 10.0. The van der Waals surface area contributed by atoms with Crippen molar-refractivity contribution >= 4 is 28.4 Å². The van der Waals surface area contributed by atoms with Crippen molar-refractivity contribution in [1.82, 2.24) is 15.5 Å². The number of hydrogen-bond donors (Lipinski definition) is 4. The van der Waals surface area contributed by atoms with Gasteiger partial charge in [-0.3, -0.25) is 20.9 Å². The smallest absolute Gasteiger partial charge is 0.206 e. The first-order valence-electron chi connectivity index (χ1n) is 13.1. The van der Waals surface area contributed by atoms with E-state index in [0.29, 0.717) is 12.0 Å². The van der Waals surface area contributed by atoms with Crippen LogP contribution >= 0.6 is 0 Å². The lowest BCUT2D eigenvalue weighted by molar-refractivity contribution is 0.226. The summed E-state index contributed by atoms with van der Waals surface area (Å²) >= 11 is 0. The Morgan fingerprint density at radius 2 is 1.85 bits per heavy atom. The lowest BCUT2D eigenvalue weighted by Crippen LogP contribution is -2.67. The van der Waals surface area contributed by atoms with Crippen molar-refractivity contribution in [1.29, 1.82) is 0 Å². The van der Waals surface area contributed by atoms with Crippen molar-refractivity contribution in [3.8, 4) is 0 Å². The van der Waals surface area contributed by atoms with Crippen LogP contribution in [0.3, 0.4) is 0 Å². The molecule has 2 aromatic rings. The lowest BCUT2D eigenvalue weighted by Gasteiger charge is -2.39. The first kappa shape index (κ1) is 23.1. The van der Waals surface area contributed by atoms with E-state index in [2.05, 4.69) is 70.2 Å². The molecule has 7 heteroatoms. The van der Waals surface area contributed by atoms with E-state index >= 15 is 0 Å². The fourth-order valence-corrected chi connectivity index (χ4v) is 5.74. The van der Waals surface area contributed by atoms with Crippen molar-refractivity contribution in [2.24, 2.45) is 21.6 Å². The number of benzene rings is 2. The van der Waals surface area contributed by atoms with Gasteiger partial charge in [0.1, 0.15) is 0 Å². The maximum atomic E-state index is 7.00. The van der Waals surface area contributed by atoms with Crippen LogP contribution in [0.15, 0.2) is 52.4 Å². The Balaban J connectivity index is 1.40. The SMILES string of the molecule is CCN1CCCC1CN=C1NC(Nc2ccc3ccccc3c2)=NC(N)(C2CCCCCC2)N1. The van der Waals surface area contributed by atoms with Crippen LogP contribution in [0.5, 0.6) is 0 Å². The van der Waals surface area contributed by atoms with Gasteiger partial charge in [-0.1, -0.05) is 62.9 Å². The van der Waals surface area contributed by atoms with Gasteiger partial charge in [0.25, 0.3) is 0 Å². The van der Waals surface area contributed by atoms with E-state index in [1.165, 1.54) is 55.8 Å². The molecule has 34 heavy (non-hydrogen) atoms. The van der Waals surface area contributed by atoms with Crippen molar-refractivity contribution < 1.29 is 0 Å². The van der Waals surface area contributed by atoms with Crippen molar-refractivity contribution in [2.45, 2.75) is 70.1 Å². The van der Waals surface area contributed by atoms with Crippen LogP contribution in [0.4, 0.5) is 5.69 Å². The van der Waals surface area contributed by atoms with Gasteiger partial charge in [0.2, 0.25) is 11.9 Å². The Hall–Kier alpha value is -2.64. The van der Waals surface area contributed by atoms with Crippen LogP contribution < -0.4 is 21.7 Å². The number of likely N-dealkylation sites (tertiary alicyclic amines) is 1. The number of nitrogens with zero attached hydrogens (tertiary/aromatic N) is 3. The van der Waals surface area contributed by atoms with Gasteiger partial charge in [-0.25, -0.2) is 4.99 Å². The molecule has 3 aliphatic rings. The van der Waals surface area contributed by atoms with Crippen LogP contribution in [0.25, 0.3) is 10.8 Å². The topological polar surface area (TPSA) is 90.1 Å². The fourth-order valence-electron chi connectivity index (χ4n) is 5.74. The molecule has 2 heterocycles. The minimum Gasteiger partial charge on any atom is -0.326 e. The van der Waals surface area contributed by atoms with E-state index in [1.54, 1.807) is 0 Å². The summed E-state index contributed by atoms with van der Waals surface area (Å²) in [6.45, 7) is 5.26. The molecule has 1 saturated heterocycles. The van der Waals surface area contributed by atoms with E-state index < -0.39 is 5.79 Å². The average molecular weight is 462 g/mol. The second-order valence-corrected chi connectivity index (χ2v) is 10.0. The number of likely N-dealkylation sites (N-methyl/N-ethyl adjacent to an activating group) is 1. The minimum atomic E-state index is -0.853. The molecule has 5 rings (SSSR count). The highest BCUT2D eigenvalue weighted by Gasteiger charge is 2.39. The Morgan fingerprint density at radius 3 is 2.65 bits per heavy atom. The molecule has 2 unspecified atom stereocenters. The molecule has 0 spiro atoms. The zero-order chi connectivity index (χ0) is 23.4. The van der Waals surface area contributed by atoms with Gasteiger partial charge in [-0.05, 0) is 61.7 Å². The summed E-state index contributed by atoms with van der Waals surface area (Å²) in [5, 5.41) is 12.8. The van der Waals surface area contributed by atoms with Gasteiger partial charge in [0, 0.05) is 17.6 Å². The molecule has 1 aliphatic carbocycles. The van der Waals surface area contributed by atoms with Crippen LogP contribution in [-0.4, -0.2) is 48.3 Å². The maximum absolute atomic E-state index is 7.00. The van der Waals surface area contributed by atoms with Crippen LogP contribution in [0, 0.1) is 5.92 Å². The molecule has 2 fully saturated rings. The molecular weight excluding hydrogens is 422 g/mol. The molecule has 0 bridgehead atoms. The number of nitrogens with one attached hydrogen (secondary N) is 3. The summed E-state index contributed by atoms with van der Waals surface area (Å²) in [5.74, 6) is 0.828. The molecule has 1 saturated carbocycles. The van der Waals surface area contributed by atoms with Gasteiger partial charge in [0.15, 0.2) is 5.79 Å². The van der Waals surface area contributed by atoms with E-state index in [-0.39, 0.29) is 5.92 Å². The normalized spacial score (nSPS) is 27.8. The predicted molar refractivity (Wildman–Crippen MR) is 142 cm³/mol. The maximum Gasteiger partial charge on any atom is 0.206 e. The molecule has 2 aromatic carbocycles. The summed E-state index contributed by atoms with van der Waals surface area (Å²) in [6.07, 6.45) is 9.63. The number of hydrogen-bond acceptors (Lipinski definition) is 5. The summed E-state index contributed by atoms with van der Waals surface area (Å²) in [7, 11) is 0. The highest BCUT2D eigenvalue weighted by Crippen LogP contribution is 2.31.